The van der Waals surface area contributed by atoms with Gasteiger partial charge in [-0.15, -0.1) is 0 Å². The van der Waals surface area contributed by atoms with Crippen LogP contribution in [-0.2, 0) is 16.0 Å². The van der Waals surface area contributed by atoms with Crippen molar-refractivity contribution in [2.24, 2.45) is 0 Å². The van der Waals surface area contributed by atoms with Crippen LogP contribution in [0, 0.1) is 0 Å². The minimum absolute atomic E-state index is 0.381. The highest BCUT2D eigenvalue weighted by Crippen LogP contribution is 2.41. The van der Waals surface area contributed by atoms with Crippen LogP contribution in [0.25, 0.3) is 0 Å². The number of methoxy groups -OCH3 is 2. The molecule has 0 radical (unpaired) electrons. The molecular formula is C23H27BrN2O4. The summed E-state index contributed by atoms with van der Waals surface area (Å²) in [7, 11) is 3.20. The summed E-state index contributed by atoms with van der Waals surface area (Å²) in [5, 5.41) is 0. The second-order valence-corrected chi connectivity index (χ2v) is 8.00. The van der Waals surface area contributed by atoms with E-state index in [9.17, 15) is 9.59 Å². The summed E-state index contributed by atoms with van der Waals surface area (Å²) in [6, 6.07) is 11.3. The first kappa shape index (κ1) is 22.2. The van der Waals surface area contributed by atoms with E-state index in [0.29, 0.717) is 37.6 Å². The van der Waals surface area contributed by atoms with Gasteiger partial charge in [0.1, 0.15) is 0 Å². The molecule has 1 aliphatic rings. The standard InChI is InChI=1S/C23H27BrN2O4/c1-5-25(6-2)22(27)23(28)26-12-11-16-13-19(29-3)20(30-4)14-18(16)21(26)15-7-9-17(24)10-8-15/h7-10,13-14,21H,5-6,11-12H2,1-4H3. The van der Waals surface area contributed by atoms with Crippen LogP contribution in [0.1, 0.15) is 36.6 Å². The maximum atomic E-state index is 13.3. The third-order valence-corrected chi connectivity index (χ3v) is 6.08. The molecule has 1 aliphatic heterocycles. The molecule has 0 saturated carbocycles. The number of hydrogen-bond donors (Lipinski definition) is 0. The topological polar surface area (TPSA) is 59.1 Å². The predicted octanol–water partition coefficient (Wildman–Crippen LogP) is 3.81. The fourth-order valence-corrected chi connectivity index (χ4v) is 4.20. The minimum Gasteiger partial charge on any atom is -0.493 e. The molecule has 2 amide bonds. The van der Waals surface area contributed by atoms with Crippen LogP contribution in [0.15, 0.2) is 40.9 Å². The Morgan fingerprint density at radius 1 is 1.07 bits per heavy atom. The molecule has 1 heterocycles. The fraction of sp³-hybridized carbons (Fsp3) is 0.391. The van der Waals surface area contributed by atoms with E-state index < -0.39 is 11.8 Å². The molecule has 30 heavy (non-hydrogen) atoms. The van der Waals surface area contributed by atoms with Crippen molar-refractivity contribution in [3.05, 3.63) is 57.6 Å². The van der Waals surface area contributed by atoms with Gasteiger partial charge in [0, 0.05) is 24.1 Å². The van der Waals surface area contributed by atoms with Gasteiger partial charge in [0.15, 0.2) is 11.5 Å². The lowest BCUT2D eigenvalue weighted by atomic mass is 9.87. The Balaban J connectivity index is 2.11. The average Bonchev–Trinajstić information content (AvgIpc) is 2.78. The fourth-order valence-electron chi connectivity index (χ4n) is 3.94. The first-order chi connectivity index (χ1) is 14.4. The number of carbonyl (C=O) groups excluding carboxylic acids is 2. The molecule has 160 valence electrons. The molecule has 0 saturated heterocycles. The summed E-state index contributed by atoms with van der Waals surface area (Å²) in [5.41, 5.74) is 2.97. The smallest absolute Gasteiger partial charge is 0.312 e. The van der Waals surface area contributed by atoms with Gasteiger partial charge in [-0.3, -0.25) is 9.59 Å². The van der Waals surface area contributed by atoms with Crippen molar-refractivity contribution in [2.75, 3.05) is 33.9 Å². The van der Waals surface area contributed by atoms with Gasteiger partial charge < -0.3 is 19.3 Å². The van der Waals surface area contributed by atoms with E-state index in [-0.39, 0.29) is 6.04 Å². The lowest BCUT2D eigenvalue weighted by Gasteiger charge is -2.38. The summed E-state index contributed by atoms with van der Waals surface area (Å²) >= 11 is 3.47. The van der Waals surface area contributed by atoms with Crippen molar-refractivity contribution in [3.63, 3.8) is 0 Å². The van der Waals surface area contributed by atoms with Crippen LogP contribution in [-0.4, -0.2) is 55.5 Å². The summed E-state index contributed by atoms with van der Waals surface area (Å²) in [6.07, 6.45) is 0.639. The van der Waals surface area contributed by atoms with Crippen molar-refractivity contribution < 1.29 is 19.1 Å². The Bertz CT molecular complexity index is 926. The average molecular weight is 475 g/mol. The van der Waals surface area contributed by atoms with Gasteiger partial charge in [0.05, 0.1) is 20.3 Å². The molecule has 0 aromatic heterocycles. The molecule has 0 N–H and O–H groups in total. The molecule has 7 heteroatoms. The van der Waals surface area contributed by atoms with Crippen LogP contribution >= 0.6 is 15.9 Å². The maximum absolute atomic E-state index is 13.3. The molecule has 0 aliphatic carbocycles. The highest BCUT2D eigenvalue weighted by molar-refractivity contribution is 9.10. The first-order valence-corrected chi connectivity index (χ1v) is 10.8. The van der Waals surface area contributed by atoms with Gasteiger partial charge in [0.2, 0.25) is 0 Å². The van der Waals surface area contributed by atoms with E-state index in [0.717, 1.165) is 21.2 Å². The van der Waals surface area contributed by atoms with Crippen LogP contribution < -0.4 is 9.47 Å². The molecule has 0 spiro atoms. The summed E-state index contributed by atoms with van der Waals surface area (Å²) in [6.45, 7) is 5.21. The second-order valence-electron chi connectivity index (χ2n) is 7.09. The Kier molecular flexibility index (Phi) is 7.02. The second kappa shape index (κ2) is 9.51. The lowest BCUT2D eigenvalue weighted by molar-refractivity contribution is -0.152. The van der Waals surface area contributed by atoms with Crippen molar-refractivity contribution in [2.45, 2.75) is 26.3 Å². The lowest BCUT2D eigenvalue weighted by Crippen LogP contribution is -2.49. The Morgan fingerprint density at radius 2 is 1.67 bits per heavy atom. The van der Waals surface area contributed by atoms with E-state index in [4.69, 9.17) is 9.47 Å². The van der Waals surface area contributed by atoms with Crippen LogP contribution in [0.3, 0.4) is 0 Å². The highest BCUT2D eigenvalue weighted by Gasteiger charge is 2.37. The normalized spacial score (nSPS) is 15.4. The van der Waals surface area contributed by atoms with E-state index in [1.807, 2.05) is 50.2 Å². The predicted molar refractivity (Wildman–Crippen MR) is 119 cm³/mol. The minimum atomic E-state index is -0.480. The van der Waals surface area contributed by atoms with Crippen LogP contribution in [0.5, 0.6) is 11.5 Å². The van der Waals surface area contributed by atoms with E-state index in [1.165, 1.54) is 0 Å². The Morgan fingerprint density at radius 3 is 2.23 bits per heavy atom. The molecule has 0 bridgehead atoms. The number of likely N-dealkylation sites (N-methyl/N-ethyl adjacent to an activating group) is 1. The largest absolute Gasteiger partial charge is 0.493 e. The van der Waals surface area contributed by atoms with Crippen molar-refractivity contribution in [1.29, 1.82) is 0 Å². The number of nitrogens with zero attached hydrogens (tertiary/aromatic N) is 2. The van der Waals surface area contributed by atoms with Crippen LogP contribution in [0.2, 0.25) is 0 Å². The first-order valence-electron chi connectivity index (χ1n) is 10.0. The number of benzene rings is 2. The molecule has 1 atom stereocenters. The number of rotatable bonds is 5. The quantitative estimate of drug-likeness (QED) is 0.618. The molecular weight excluding hydrogens is 448 g/mol. The summed E-state index contributed by atoms with van der Waals surface area (Å²) in [5.74, 6) is 0.311. The summed E-state index contributed by atoms with van der Waals surface area (Å²) < 4.78 is 11.9. The van der Waals surface area contributed by atoms with Gasteiger partial charge in [-0.2, -0.15) is 0 Å². The van der Waals surface area contributed by atoms with Gasteiger partial charge in [-0.05, 0) is 61.2 Å². The van der Waals surface area contributed by atoms with E-state index in [1.54, 1.807) is 24.0 Å². The zero-order chi connectivity index (χ0) is 21.8. The maximum Gasteiger partial charge on any atom is 0.312 e. The van der Waals surface area contributed by atoms with E-state index >= 15 is 0 Å². The monoisotopic (exact) mass is 474 g/mol. The van der Waals surface area contributed by atoms with E-state index in [2.05, 4.69) is 15.9 Å². The molecule has 1 unspecified atom stereocenters. The third-order valence-electron chi connectivity index (χ3n) is 5.55. The molecule has 0 fully saturated rings. The summed E-state index contributed by atoms with van der Waals surface area (Å²) in [4.78, 5) is 29.4. The van der Waals surface area contributed by atoms with Crippen LogP contribution in [0.4, 0.5) is 0 Å². The molecule has 3 rings (SSSR count). The number of halogens is 1. The number of ether oxygens (including phenoxy) is 2. The molecule has 2 aromatic carbocycles. The highest BCUT2D eigenvalue weighted by atomic mass is 79.9. The zero-order valence-corrected chi connectivity index (χ0v) is 19.4. The SMILES string of the molecule is CCN(CC)C(=O)C(=O)N1CCc2cc(OC)c(OC)cc2C1c1ccc(Br)cc1. The Hall–Kier alpha value is -2.54. The zero-order valence-electron chi connectivity index (χ0n) is 17.8. The molecule has 6 nitrogen and oxygen atoms in total. The van der Waals surface area contributed by atoms with Gasteiger partial charge in [0.25, 0.3) is 0 Å². The van der Waals surface area contributed by atoms with Gasteiger partial charge in [-0.1, -0.05) is 28.1 Å². The van der Waals surface area contributed by atoms with Crippen molar-refractivity contribution in [3.8, 4) is 11.5 Å². The third kappa shape index (κ3) is 4.17. The number of fused-ring (bicyclic) bond motifs is 1. The van der Waals surface area contributed by atoms with Gasteiger partial charge in [-0.25, -0.2) is 0 Å². The molecule has 2 aromatic rings. The number of amides is 2. The number of hydrogen-bond acceptors (Lipinski definition) is 4. The van der Waals surface area contributed by atoms with Crippen molar-refractivity contribution >= 4 is 27.7 Å². The van der Waals surface area contributed by atoms with Crippen molar-refractivity contribution in [1.82, 2.24) is 9.80 Å². The Labute approximate surface area is 185 Å². The van der Waals surface area contributed by atoms with Gasteiger partial charge >= 0.3 is 11.8 Å². The number of carbonyl (C=O) groups is 2.